The molecule has 3 atom stereocenters. The summed E-state index contributed by atoms with van der Waals surface area (Å²) in [6, 6.07) is 7.79. The van der Waals surface area contributed by atoms with Gasteiger partial charge in [-0.3, -0.25) is 0 Å². The van der Waals surface area contributed by atoms with Crippen molar-refractivity contribution in [1.82, 2.24) is 0 Å². The zero-order chi connectivity index (χ0) is 12.8. The quantitative estimate of drug-likeness (QED) is 0.818. The molecule has 0 aliphatic carbocycles. The minimum atomic E-state index is -0.303. The molecule has 17 heavy (non-hydrogen) atoms. The molecule has 0 saturated carbocycles. The third-order valence-electron chi connectivity index (χ3n) is 2.76. The number of rotatable bonds is 6. The summed E-state index contributed by atoms with van der Waals surface area (Å²) >= 11 is 1.69. The van der Waals surface area contributed by atoms with Gasteiger partial charge in [-0.05, 0) is 24.6 Å². The molecule has 0 aliphatic rings. The van der Waals surface area contributed by atoms with Crippen LogP contribution in [0.1, 0.15) is 25.5 Å². The molecule has 0 amide bonds. The van der Waals surface area contributed by atoms with Gasteiger partial charge in [0.15, 0.2) is 0 Å². The van der Waals surface area contributed by atoms with Crippen molar-refractivity contribution in [3.05, 3.63) is 29.8 Å². The summed E-state index contributed by atoms with van der Waals surface area (Å²) in [5, 5.41) is 9.60. The second-order valence-corrected chi connectivity index (χ2v) is 5.57. The summed E-state index contributed by atoms with van der Waals surface area (Å²) in [5.41, 5.74) is 7.19. The first-order valence-corrected chi connectivity index (χ1v) is 6.78. The van der Waals surface area contributed by atoms with Crippen molar-refractivity contribution in [2.24, 2.45) is 5.73 Å². The highest BCUT2D eigenvalue weighted by molar-refractivity contribution is 7.99. The summed E-state index contributed by atoms with van der Waals surface area (Å²) < 4.78 is 5.10. The van der Waals surface area contributed by atoms with Crippen molar-refractivity contribution >= 4 is 11.8 Å². The molecule has 1 aromatic carbocycles. The molecule has 96 valence electrons. The summed E-state index contributed by atoms with van der Waals surface area (Å²) in [7, 11) is 1.65. The van der Waals surface area contributed by atoms with E-state index in [1.165, 1.54) is 0 Å². The number of thioether (sulfide) groups is 1. The van der Waals surface area contributed by atoms with E-state index in [2.05, 4.69) is 0 Å². The zero-order valence-electron chi connectivity index (χ0n) is 10.6. The first kappa shape index (κ1) is 14.4. The second-order valence-electron chi connectivity index (χ2n) is 4.16. The topological polar surface area (TPSA) is 55.5 Å². The Morgan fingerprint density at radius 3 is 2.35 bits per heavy atom. The van der Waals surface area contributed by atoms with Gasteiger partial charge in [-0.1, -0.05) is 19.1 Å². The highest BCUT2D eigenvalue weighted by Gasteiger charge is 2.12. The van der Waals surface area contributed by atoms with E-state index in [-0.39, 0.29) is 17.4 Å². The number of benzene rings is 1. The lowest BCUT2D eigenvalue weighted by Crippen LogP contribution is -2.20. The van der Waals surface area contributed by atoms with Crippen LogP contribution in [0.25, 0.3) is 0 Å². The third kappa shape index (κ3) is 4.58. The molecule has 0 saturated heterocycles. The van der Waals surface area contributed by atoms with Gasteiger partial charge in [-0.2, -0.15) is 11.8 Å². The fourth-order valence-electron chi connectivity index (χ4n) is 1.34. The lowest BCUT2D eigenvalue weighted by atomic mass is 10.1. The molecule has 0 aromatic heterocycles. The number of ether oxygens (including phenoxy) is 1. The van der Waals surface area contributed by atoms with E-state index in [1.54, 1.807) is 25.8 Å². The first-order chi connectivity index (χ1) is 8.04. The summed E-state index contributed by atoms with van der Waals surface area (Å²) in [6.07, 6.45) is -0.303. The molecule has 3 nitrogen and oxygen atoms in total. The number of hydrogen-bond donors (Lipinski definition) is 2. The Labute approximate surface area is 107 Å². The van der Waals surface area contributed by atoms with Crippen LogP contribution in [0, 0.1) is 0 Å². The van der Waals surface area contributed by atoms with Gasteiger partial charge >= 0.3 is 0 Å². The van der Waals surface area contributed by atoms with Crippen LogP contribution in [0.3, 0.4) is 0 Å². The van der Waals surface area contributed by atoms with Crippen LogP contribution in [-0.4, -0.2) is 29.3 Å². The zero-order valence-corrected chi connectivity index (χ0v) is 11.4. The lowest BCUT2D eigenvalue weighted by Gasteiger charge is -2.17. The fraction of sp³-hybridized carbons (Fsp3) is 0.538. The average molecular weight is 255 g/mol. The Hall–Kier alpha value is -0.710. The summed E-state index contributed by atoms with van der Waals surface area (Å²) in [4.78, 5) is 0. The van der Waals surface area contributed by atoms with Gasteiger partial charge in [0, 0.05) is 17.0 Å². The van der Waals surface area contributed by atoms with Gasteiger partial charge in [0.05, 0.1) is 13.2 Å². The van der Waals surface area contributed by atoms with E-state index in [9.17, 15) is 5.11 Å². The van der Waals surface area contributed by atoms with E-state index in [1.807, 2.05) is 31.2 Å². The third-order valence-corrected chi connectivity index (χ3v) is 4.23. The van der Waals surface area contributed by atoms with E-state index in [4.69, 9.17) is 10.5 Å². The first-order valence-electron chi connectivity index (χ1n) is 5.73. The Kier molecular flexibility index (Phi) is 5.82. The Morgan fingerprint density at radius 1 is 1.29 bits per heavy atom. The molecule has 0 aliphatic heterocycles. The molecule has 0 fully saturated rings. The summed E-state index contributed by atoms with van der Waals surface area (Å²) in [6.45, 7) is 3.81. The second kappa shape index (κ2) is 6.89. The molecule has 4 heteroatoms. The van der Waals surface area contributed by atoms with Crippen LogP contribution in [0.2, 0.25) is 0 Å². The van der Waals surface area contributed by atoms with Crippen molar-refractivity contribution in [2.75, 3.05) is 12.9 Å². The number of hydrogen-bond acceptors (Lipinski definition) is 4. The SMILES string of the molecule is COc1ccc(C(N)CSC(C)C(C)O)cc1. The monoisotopic (exact) mass is 255 g/mol. The van der Waals surface area contributed by atoms with Crippen LogP contribution in [-0.2, 0) is 0 Å². The van der Waals surface area contributed by atoms with Crippen molar-refractivity contribution in [1.29, 1.82) is 0 Å². The fourth-order valence-corrected chi connectivity index (χ4v) is 2.32. The van der Waals surface area contributed by atoms with Gasteiger partial charge in [0.2, 0.25) is 0 Å². The van der Waals surface area contributed by atoms with Crippen molar-refractivity contribution in [3.63, 3.8) is 0 Å². The van der Waals surface area contributed by atoms with Crippen molar-refractivity contribution < 1.29 is 9.84 Å². The van der Waals surface area contributed by atoms with Crippen LogP contribution in [0.5, 0.6) is 5.75 Å². The maximum atomic E-state index is 9.39. The molecular weight excluding hydrogens is 234 g/mol. The largest absolute Gasteiger partial charge is 0.497 e. The Balaban J connectivity index is 2.48. The van der Waals surface area contributed by atoms with Gasteiger partial charge < -0.3 is 15.6 Å². The molecule has 0 radical (unpaired) electrons. The molecule has 0 bridgehead atoms. The average Bonchev–Trinajstić information content (AvgIpc) is 2.35. The van der Waals surface area contributed by atoms with E-state index in [0.29, 0.717) is 0 Å². The van der Waals surface area contributed by atoms with Crippen LogP contribution in [0.15, 0.2) is 24.3 Å². The highest BCUT2D eigenvalue weighted by atomic mass is 32.2. The molecule has 3 N–H and O–H groups in total. The lowest BCUT2D eigenvalue weighted by molar-refractivity contribution is 0.196. The number of aliphatic hydroxyl groups is 1. The normalized spacial score (nSPS) is 16.3. The maximum Gasteiger partial charge on any atom is 0.118 e. The Morgan fingerprint density at radius 2 is 1.88 bits per heavy atom. The highest BCUT2D eigenvalue weighted by Crippen LogP contribution is 2.22. The van der Waals surface area contributed by atoms with Crippen molar-refractivity contribution in [3.8, 4) is 5.75 Å². The molecule has 3 unspecified atom stereocenters. The molecule has 1 rings (SSSR count). The van der Waals surface area contributed by atoms with Gasteiger partial charge in [-0.15, -0.1) is 0 Å². The number of aliphatic hydroxyl groups excluding tert-OH is 1. The summed E-state index contributed by atoms with van der Waals surface area (Å²) in [5.74, 6) is 1.64. The minimum absolute atomic E-state index is 0.00731. The Bertz CT molecular complexity index is 327. The number of nitrogens with two attached hydrogens (primary N) is 1. The molecule has 1 aromatic rings. The predicted octanol–water partition coefficient (Wildman–Crippen LogP) is 2.20. The van der Waals surface area contributed by atoms with E-state index in [0.717, 1.165) is 17.1 Å². The standard InChI is InChI=1S/C13H21NO2S/c1-9(15)10(2)17-8-13(14)11-4-6-12(16-3)7-5-11/h4-7,9-10,13,15H,8,14H2,1-3H3. The van der Waals surface area contributed by atoms with Gasteiger partial charge in [0.25, 0.3) is 0 Å². The van der Waals surface area contributed by atoms with Crippen LogP contribution in [0.4, 0.5) is 0 Å². The van der Waals surface area contributed by atoms with Crippen LogP contribution < -0.4 is 10.5 Å². The van der Waals surface area contributed by atoms with Crippen molar-refractivity contribution in [2.45, 2.75) is 31.2 Å². The smallest absolute Gasteiger partial charge is 0.118 e. The van der Waals surface area contributed by atoms with E-state index >= 15 is 0 Å². The molecular formula is C13H21NO2S. The van der Waals surface area contributed by atoms with Crippen LogP contribution >= 0.6 is 11.8 Å². The molecule has 0 spiro atoms. The maximum absolute atomic E-state index is 9.39. The molecule has 0 heterocycles. The predicted molar refractivity (Wildman–Crippen MR) is 73.5 cm³/mol. The van der Waals surface area contributed by atoms with Gasteiger partial charge in [-0.25, -0.2) is 0 Å². The van der Waals surface area contributed by atoms with E-state index < -0.39 is 0 Å². The number of methoxy groups -OCH3 is 1. The minimum Gasteiger partial charge on any atom is -0.497 e. The van der Waals surface area contributed by atoms with Gasteiger partial charge in [0.1, 0.15) is 5.75 Å².